The predicted octanol–water partition coefficient (Wildman–Crippen LogP) is 3.64. The van der Waals surface area contributed by atoms with E-state index in [-0.39, 0.29) is 23.1 Å². The average Bonchev–Trinajstić information content (AvgIpc) is 2.38. The van der Waals surface area contributed by atoms with Crippen molar-refractivity contribution in [2.75, 3.05) is 0 Å². The molecule has 2 rings (SSSR count). The highest BCUT2D eigenvalue weighted by atomic mass is 35.7. The van der Waals surface area contributed by atoms with Gasteiger partial charge in [-0.15, -0.1) is 0 Å². The average molecular weight is 315 g/mol. The molecule has 0 saturated carbocycles. The Bertz CT molecular complexity index is 712. The molecule has 0 aliphatic heterocycles. The fourth-order valence-electron chi connectivity index (χ4n) is 1.67. The van der Waals surface area contributed by atoms with Crippen molar-refractivity contribution in [2.45, 2.75) is 18.4 Å². The molecule has 0 heterocycles. The summed E-state index contributed by atoms with van der Waals surface area (Å²) in [6, 6.07) is 10.5. The second-order valence-corrected chi connectivity index (χ2v) is 6.84. The molecule has 0 N–H and O–H groups in total. The smallest absolute Gasteiger partial charge is 0.264 e. The van der Waals surface area contributed by atoms with Crippen LogP contribution in [0.15, 0.2) is 47.4 Å². The number of benzene rings is 2. The number of aryl methyl sites for hydroxylation is 1. The third kappa shape index (κ3) is 3.71. The molecular formula is C14H12ClFO3S. The van der Waals surface area contributed by atoms with E-state index in [4.69, 9.17) is 15.4 Å². The summed E-state index contributed by atoms with van der Waals surface area (Å²) >= 11 is 0. The third-order valence-corrected chi connectivity index (χ3v) is 4.01. The predicted molar refractivity (Wildman–Crippen MR) is 74.9 cm³/mol. The summed E-state index contributed by atoms with van der Waals surface area (Å²) < 4.78 is 41.2. The van der Waals surface area contributed by atoms with Gasteiger partial charge >= 0.3 is 0 Å². The van der Waals surface area contributed by atoms with Gasteiger partial charge in [0.2, 0.25) is 0 Å². The zero-order chi connectivity index (χ0) is 14.8. The van der Waals surface area contributed by atoms with E-state index < -0.39 is 9.05 Å². The van der Waals surface area contributed by atoms with Crippen molar-refractivity contribution >= 4 is 19.7 Å². The number of hydrogen-bond acceptors (Lipinski definition) is 3. The van der Waals surface area contributed by atoms with Gasteiger partial charge in [0.05, 0.1) is 0 Å². The van der Waals surface area contributed by atoms with E-state index in [1.807, 2.05) is 0 Å². The van der Waals surface area contributed by atoms with Gasteiger partial charge in [-0.05, 0) is 42.3 Å². The summed E-state index contributed by atoms with van der Waals surface area (Å²) in [7, 11) is 1.50. The van der Waals surface area contributed by atoms with Gasteiger partial charge < -0.3 is 4.74 Å². The first kappa shape index (κ1) is 14.8. The molecule has 3 nitrogen and oxygen atoms in total. The minimum atomic E-state index is -3.88. The summed E-state index contributed by atoms with van der Waals surface area (Å²) in [6.07, 6.45) is 0. The van der Waals surface area contributed by atoms with Crippen LogP contribution in [0.3, 0.4) is 0 Å². The lowest BCUT2D eigenvalue weighted by Gasteiger charge is -2.10. The number of ether oxygens (including phenoxy) is 1. The molecule has 2 aromatic carbocycles. The first-order valence-corrected chi connectivity index (χ1v) is 8.10. The van der Waals surface area contributed by atoms with Gasteiger partial charge in [0, 0.05) is 10.7 Å². The lowest BCUT2D eigenvalue weighted by atomic mass is 10.2. The molecule has 0 aliphatic rings. The summed E-state index contributed by atoms with van der Waals surface area (Å²) in [5.41, 5.74) is 1.49. The monoisotopic (exact) mass is 314 g/mol. The topological polar surface area (TPSA) is 43.4 Å². The van der Waals surface area contributed by atoms with E-state index in [9.17, 15) is 12.8 Å². The van der Waals surface area contributed by atoms with Crippen LogP contribution in [-0.4, -0.2) is 8.42 Å². The summed E-state index contributed by atoms with van der Waals surface area (Å²) in [5.74, 6) is -0.164. The molecule has 2 aromatic rings. The van der Waals surface area contributed by atoms with Crippen molar-refractivity contribution in [2.24, 2.45) is 0 Å². The van der Waals surface area contributed by atoms with E-state index in [0.29, 0.717) is 0 Å². The molecule has 0 saturated heterocycles. The molecule has 106 valence electrons. The van der Waals surface area contributed by atoms with Crippen LogP contribution >= 0.6 is 10.7 Å². The van der Waals surface area contributed by atoms with E-state index >= 15 is 0 Å². The van der Waals surface area contributed by atoms with Gasteiger partial charge in [-0.1, -0.05) is 18.2 Å². The molecule has 0 aliphatic carbocycles. The molecule has 0 aromatic heterocycles. The minimum Gasteiger partial charge on any atom is -0.487 e. The van der Waals surface area contributed by atoms with Gasteiger partial charge in [0.25, 0.3) is 9.05 Å². The molecule has 0 unspecified atom stereocenters. The van der Waals surface area contributed by atoms with Crippen LogP contribution in [0.1, 0.15) is 11.1 Å². The largest absolute Gasteiger partial charge is 0.487 e. The zero-order valence-corrected chi connectivity index (χ0v) is 12.2. The van der Waals surface area contributed by atoms with Crippen LogP contribution in [-0.2, 0) is 15.7 Å². The van der Waals surface area contributed by atoms with Gasteiger partial charge in [-0.3, -0.25) is 0 Å². The van der Waals surface area contributed by atoms with Crippen LogP contribution in [0.4, 0.5) is 4.39 Å². The Hall–Kier alpha value is -1.59. The highest BCUT2D eigenvalue weighted by Gasteiger charge is 2.17. The van der Waals surface area contributed by atoms with Crippen molar-refractivity contribution in [1.29, 1.82) is 0 Å². The second kappa shape index (κ2) is 5.81. The van der Waals surface area contributed by atoms with Gasteiger partial charge in [-0.25, -0.2) is 12.8 Å². The van der Waals surface area contributed by atoms with Gasteiger partial charge in [0.15, 0.2) is 0 Å². The number of rotatable bonds is 4. The summed E-state index contributed by atoms with van der Waals surface area (Å²) in [6.45, 7) is 1.89. The standard InChI is InChI=1S/C14H12ClFO3S/c1-10-2-7-13(14(8-10)20(15,17)18)19-9-11-3-5-12(16)6-4-11/h2-8H,9H2,1H3. The maximum atomic E-state index is 12.8. The summed E-state index contributed by atoms with van der Waals surface area (Å²) in [4.78, 5) is -0.0683. The van der Waals surface area contributed by atoms with Crippen molar-refractivity contribution in [3.05, 3.63) is 59.4 Å². The van der Waals surface area contributed by atoms with E-state index in [2.05, 4.69) is 0 Å². The lowest BCUT2D eigenvalue weighted by Crippen LogP contribution is -2.01. The first-order chi connectivity index (χ1) is 9.36. The minimum absolute atomic E-state index is 0.0683. The van der Waals surface area contributed by atoms with Crippen LogP contribution in [0.25, 0.3) is 0 Å². The molecule has 0 fully saturated rings. The van der Waals surface area contributed by atoms with Crippen LogP contribution < -0.4 is 4.74 Å². The van der Waals surface area contributed by atoms with Crippen molar-refractivity contribution in [3.63, 3.8) is 0 Å². The normalized spacial score (nSPS) is 11.3. The van der Waals surface area contributed by atoms with Crippen molar-refractivity contribution < 1.29 is 17.5 Å². The molecule has 0 radical (unpaired) electrons. The molecule has 0 spiro atoms. The lowest BCUT2D eigenvalue weighted by molar-refractivity contribution is 0.298. The fraction of sp³-hybridized carbons (Fsp3) is 0.143. The van der Waals surface area contributed by atoms with Crippen LogP contribution in [0, 0.1) is 12.7 Å². The Labute approximate surface area is 121 Å². The molecule has 0 amide bonds. The van der Waals surface area contributed by atoms with Gasteiger partial charge in [-0.2, -0.15) is 0 Å². The zero-order valence-electron chi connectivity index (χ0n) is 10.6. The van der Waals surface area contributed by atoms with Crippen LogP contribution in [0.2, 0.25) is 0 Å². The van der Waals surface area contributed by atoms with E-state index in [1.165, 1.54) is 18.2 Å². The Morgan fingerprint density at radius 1 is 1.15 bits per heavy atom. The number of halogens is 2. The Kier molecular flexibility index (Phi) is 4.30. The molecule has 0 atom stereocenters. The summed E-state index contributed by atoms with van der Waals surface area (Å²) in [5, 5.41) is 0. The van der Waals surface area contributed by atoms with Crippen molar-refractivity contribution in [1.82, 2.24) is 0 Å². The molecule has 20 heavy (non-hydrogen) atoms. The Morgan fingerprint density at radius 3 is 2.40 bits per heavy atom. The Morgan fingerprint density at radius 2 is 1.80 bits per heavy atom. The van der Waals surface area contributed by atoms with Gasteiger partial charge in [0.1, 0.15) is 23.1 Å². The van der Waals surface area contributed by atoms with E-state index in [1.54, 1.807) is 31.2 Å². The highest BCUT2D eigenvalue weighted by Crippen LogP contribution is 2.28. The van der Waals surface area contributed by atoms with Crippen molar-refractivity contribution in [3.8, 4) is 5.75 Å². The maximum absolute atomic E-state index is 12.8. The third-order valence-electron chi connectivity index (χ3n) is 2.67. The highest BCUT2D eigenvalue weighted by molar-refractivity contribution is 8.13. The first-order valence-electron chi connectivity index (χ1n) is 5.79. The molecule has 6 heteroatoms. The number of hydrogen-bond donors (Lipinski definition) is 0. The molecule has 0 bridgehead atoms. The maximum Gasteiger partial charge on any atom is 0.264 e. The Balaban J connectivity index is 2.23. The fourth-order valence-corrected chi connectivity index (χ4v) is 2.72. The SMILES string of the molecule is Cc1ccc(OCc2ccc(F)cc2)c(S(=O)(=O)Cl)c1. The van der Waals surface area contributed by atoms with Crippen LogP contribution in [0.5, 0.6) is 5.75 Å². The quantitative estimate of drug-likeness (QED) is 0.809. The second-order valence-electron chi connectivity index (χ2n) is 4.30. The molecular weight excluding hydrogens is 303 g/mol. The van der Waals surface area contributed by atoms with E-state index in [0.717, 1.165) is 11.1 Å².